The van der Waals surface area contributed by atoms with Gasteiger partial charge in [0.25, 0.3) is 0 Å². The Morgan fingerprint density at radius 3 is 3.17 bits per heavy atom. The number of anilines is 1. The third kappa shape index (κ3) is 3.45. The number of fused-ring (bicyclic) bond motifs is 1. The van der Waals surface area contributed by atoms with Gasteiger partial charge in [-0.25, -0.2) is 4.98 Å². The van der Waals surface area contributed by atoms with Gasteiger partial charge in [-0.15, -0.1) is 0 Å². The molecule has 3 heterocycles. The van der Waals surface area contributed by atoms with Gasteiger partial charge in [0.05, 0.1) is 16.9 Å². The van der Waals surface area contributed by atoms with Crippen molar-refractivity contribution >= 4 is 28.3 Å². The zero-order chi connectivity index (χ0) is 16.4. The number of halogens is 1. The maximum absolute atomic E-state index is 6.41. The standard InChI is InChI=1S/C19H25ClN4/c20-17-11-22-19-16(8-9-21-19)18(17)23-15-7-4-10-24(13-15)12-14-5-2-1-3-6-14/h5,8-9,11,15H,1-4,6-7,10,12-13H2,(H2,21,22,23). The molecule has 1 aliphatic heterocycles. The van der Waals surface area contributed by atoms with E-state index in [-0.39, 0.29) is 0 Å². The zero-order valence-electron chi connectivity index (χ0n) is 14.0. The van der Waals surface area contributed by atoms with Gasteiger partial charge in [0.1, 0.15) is 5.65 Å². The molecule has 0 spiro atoms. The molecule has 2 aromatic heterocycles. The second-order valence-electron chi connectivity index (χ2n) is 7.05. The van der Waals surface area contributed by atoms with Crippen molar-refractivity contribution in [2.45, 2.75) is 44.6 Å². The lowest BCUT2D eigenvalue weighted by molar-refractivity contribution is 0.230. The van der Waals surface area contributed by atoms with E-state index in [4.69, 9.17) is 11.6 Å². The quantitative estimate of drug-likeness (QED) is 0.797. The van der Waals surface area contributed by atoms with Crippen LogP contribution in [0.3, 0.4) is 0 Å². The van der Waals surface area contributed by atoms with Crippen LogP contribution in [0.1, 0.15) is 38.5 Å². The summed E-state index contributed by atoms with van der Waals surface area (Å²) in [6.45, 7) is 3.43. The molecule has 2 aliphatic rings. The highest BCUT2D eigenvalue weighted by Gasteiger charge is 2.22. The van der Waals surface area contributed by atoms with Gasteiger partial charge in [-0.1, -0.05) is 23.3 Å². The summed E-state index contributed by atoms with van der Waals surface area (Å²) >= 11 is 6.41. The number of nitrogens with one attached hydrogen (secondary N) is 2. The van der Waals surface area contributed by atoms with Crippen LogP contribution in [0.4, 0.5) is 5.69 Å². The number of nitrogens with zero attached hydrogens (tertiary/aromatic N) is 2. The summed E-state index contributed by atoms with van der Waals surface area (Å²) in [5.74, 6) is 0. The van der Waals surface area contributed by atoms with Crippen LogP contribution < -0.4 is 5.32 Å². The highest BCUT2D eigenvalue weighted by atomic mass is 35.5. The Labute approximate surface area is 148 Å². The number of aromatic nitrogens is 2. The predicted octanol–water partition coefficient (Wildman–Crippen LogP) is 4.59. The third-order valence-electron chi connectivity index (χ3n) is 5.21. The summed E-state index contributed by atoms with van der Waals surface area (Å²) in [6, 6.07) is 2.49. The van der Waals surface area contributed by atoms with E-state index in [2.05, 4.69) is 26.3 Å². The molecule has 1 aliphatic carbocycles. The summed E-state index contributed by atoms with van der Waals surface area (Å²) in [4.78, 5) is 10.1. The number of rotatable bonds is 4. The van der Waals surface area contributed by atoms with Gasteiger partial charge < -0.3 is 10.3 Å². The molecule has 1 unspecified atom stereocenters. The van der Waals surface area contributed by atoms with Crippen molar-refractivity contribution in [2.24, 2.45) is 0 Å². The number of H-pyrrole nitrogens is 1. The fourth-order valence-electron chi connectivity index (χ4n) is 3.99. The summed E-state index contributed by atoms with van der Waals surface area (Å²) in [7, 11) is 0. The fourth-order valence-corrected chi connectivity index (χ4v) is 4.19. The number of likely N-dealkylation sites (tertiary alicyclic amines) is 1. The normalized spacial score (nSPS) is 22.5. The van der Waals surface area contributed by atoms with Crippen molar-refractivity contribution in [1.29, 1.82) is 0 Å². The maximum Gasteiger partial charge on any atom is 0.139 e. The lowest BCUT2D eigenvalue weighted by Gasteiger charge is -2.35. The average molecular weight is 345 g/mol. The number of allylic oxidation sites excluding steroid dienone is 1. The monoisotopic (exact) mass is 344 g/mol. The minimum atomic E-state index is 0.445. The second kappa shape index (κ2) is 7.16. The van der Waals surface area contributed by atoms with Crippen molar-refractivity contribution in [2.75, 3.05) is 25.0 Å². The first kappa shape index (κ1) is 16.0. The lowest BCUT2D eigenvalue weighted by atomic mass is 9.97. The van der Waals surface area contributed by atoms with Crippen LogP contribution in [0, 0.1) is 0 Å². The molecule has 0 bridgehead atoms. The lowest BCUT2D eigenvalue weighted by Crippen LogP contribution is -2.43. The predicted molar refractivity (Wildman–Crippen MR) is 101 cm³/mol. The first-order chi connectivity index (χ1) is 11.8. The van der Waals surface area contributed by atoms with E-state index in [0.29, 0.717) is 11.1 Å². The molecule has 4 nitrogen and oxygen atoms in total. The van der Waals surface area contributed by atoms with Crippen LogP contribution in [-0.2, 0) is 0 Å². The Bertz CT molecular complexity index is 736. The van der Waals surface area contributed by atoms with E-state index in [9.17, 15) is 0 Å². The smallest absolute Gasteiger partial charge is 0.139 e. The molecule has 1 fully saturated rings. The zero-order valence-corrected chi connectivity index (χ0v) is 14.8. The van der Waals surface area contributed by atoms with Crippen LogP contribution >= 0.6 is 11.6 Å². The highest BCUT2D eigenvalue weighted by molar-refractivity contribution is 6.34. The van der Waals surface area contributed by atoms with Gasteiger partial charge in [0, 0.05) is 30.7 Å². The van der Waals surface area contributed by atoms with Crippen molar-refractivity contribution in [3.63, 3.8) is 0 Å². The van der Waals surface area contributed by atoms with E-state index in [1.807, 2.05) is 12.3 Å². The Hall–Kier alpha value is -1.52. The molecule has 5 heteroatoms. The molecule has 0 radical (unpaired) electrons. The summed E-state index contributed by atoms with van der Waals surface area (Å²) < 4.78 is 0. The molecule has 0 amide bonds. The molecule has 1 saturated heterocycles. The van der Waals surface area contributed by atoms with Gasteiger partial charge in [-0.2, -0.15) is 0 Å². The molecule has 0 aromatic carbocycles. The van der Waals surface area contributed by atoms with Crippen LogP contribution in [0.2, 0.25) is 5.02 Å². The largest absolute Gasteiger partial charge is 0.379 e. The van der Waals surface area contributed by atoms with Gasteiger partial charge in [-0.3, -0.25) is 4.90 Å². The van der Waals surface area contributed by atoms with Crippen LogP contribution in [0.15, 0.2) is 30.1 Å². The van der Waals surface area contributed by atoms with E-state index in [0.717, 1.165) is 29.8 Å². The van der Waals surface area contributed by atoms with E-state index in [1.165, 1.54) is 45.1 Å². The molecule has 1 atom stereocenters. The number of piperidine rings is 1. The van der Waals surface area contributed by atoms with Crippen molar-refractivity contribution < 1.29 is 0 Å². The van der Waals surface area contributed by atoms with E-state index in [1.54, 1.807) is 11.8 Å². The second-order valence-corrected chi connectivity index (χ2v) is 7.46. The van der Waals surface area contributed by atoms with Crippen molar-refractivity contribution in [3.8, 4) is 0 Å². The summed E-state index contributed by atoms with van der Waals surface area (Å²) in [5.41, 5.74) is 3.55. The summed E-state index contributed by atoms with van der Waals surface area (Å²) in [6.07, 6.45) is 13.8. The molecule has 128 valence electrons. The van der Waals surface area contributed by atoms with Gasteiger partial charge in [0.15, 0.2) is 0 Å². The number of pyridine rings is 1. The Morgan fingerprint density at radius 1 is 1.33 bits per heavy atom. The molecule has 2 N–H and O–H groups in total. The molecule has 24 heavy (non-hydrogen) atoms. The number of hydrogen-bond donors (Lipinski definition) is 2. The summed E-state index contributed by atoms with van der Waals surface area (Å²) in [5, 5.41) is 5.47. The van der Waals surface area contributed by atoms with E-state index >= 15 is 0 Å². The van der Waals surface area contributed by atoms with Crippen LogP contribution in [-0.4, -0.2) is 40.5 Å². The minimum absolute atomic E-state index is 0.445. The van der Waals surface area contributed by atoms with Gasteiger partial charge in [-0.05, 0) is 51.1 Å². The van der Waals surface area contributed by atoms with Crippen molar-refractivity contribution in [1.82, 2.24) is 14.9 Å². The van der Waals surface area contributed by atoms with Gasteiger partial charge in [0.2, 0.25) is 0 Å². The Balaban J connectivity index is 1.45. The van der Waals surface area contributed by atoms with Crippen LogP contribution in [0.5, 0.6) is 0 Å². The first-order valence-corrected chi connectivity index (χ1v) is 9.46. The van der Waals surface area contributed by atoms with Gasteiger partial charge >= 0.3 is 0 Å². The molecular formula is C19H25ClN4. The molecule has 0 saturated carbocycles. The topological polar surface area (TPSA) is 44.0 Å². The Morgan fingerprint density at radius 2 is 2.29 bits per heavy atom. The maximum atomic E-state index is 6.41. The SMILES string of the molecule is Clc1cnc2[nH]ccc2c1NC1CCCN(CC2=CCCCC2)C1. The molecule has 4 rings (SSSR count). The average Bonchev–Trinajstić information content (AvgIpc) is 3.08. The van der Waals surface area contributed by atoms with Crippen LogP contribution in [0.25, 0.3) is 11.0 Å². The van der Waals surface area contributed by atoms with Crippen molar-refractivity contribution in [3.05, 3.63) is 35.1 Å². The number of hydrogen-bond acceptors (Lipinski definition) is 3. The molecule has 2 aromatic rings. The molecular weight excluding hydrogens is 320 g/mol. The highest BCUT2D eigenvalue weighted by Crippen LogP contribution is 2.31. The third-order valence-corrected chi connectivity index (χ3v) is 5.49. The minimum Gasteiger partial charge on any atom is -0.379 e. The first-order valence-electron chi connectivity index (χ1n) is 9.08. The van der Waals surface area contributed by atoms with E-state index < -0.39 is 0 Å². The Kier molecular flexibility index (Phi) is 4.76. The number of aromatic amines is 1. The fraction of sp³-hybridized carbons (Fsp3) is 0.526.